The Hall–Kier alpha value is -1.41. The molecule has 2 rings (SSSR count). The minimum atomic E-state index is 0.143. The zero-order valence-electron chi connectivity index (χ0n) is 10.1. The van der Waals surface area contributed by atoms with Crippen LogP contribution < -0.4 is 0 Å². The summed E-state index contributed by atoms with van der Waals surface area (Å²) in [6, 6.07) is 3.95. The van der Waals surface area contributed by atoms with Gasteiger partial charge in [0, 0.05) is 4.88 Å². The van der Waals surface area contributed by atoms with Crippen LogP contribution in [0.15, 0.2) is 42.5 Å². The first-order chi connectivity index (χ1) is 8.20. The van der Waals surface area contributed by atoms with Crippen LogP contribution in [0.1, 0.15) is 34.8 Å². The molecule has 0 N–H and O–H groups in total. The SMILES string of the molecule is CCC1C=CC=CC(c2ccc(C(C)=O)s2)=C1. The van der Waals surface area contributed by atoms with E-state index in [1.165, 1.54) is 10.5 Å². The lowest BCUT2D eigenvalue weighted by atomic mass is 10.0. The smallest absolute Gasteiger partial charge is 0.169 e. The molecular weight excluding hydrogens is 228 g/mol. The summed E-state index contributed by atoms with van der Waals surface area (Å²) < 4.78 is 0. The van der Waals surface area contributed by atoms with Gasteiger partial charge in [-0.25, -0.2) is 0 Å². The van der Waals surface area contributed by atoms with Crippen LogP contribution in [-0.4, -0.2) is 5.78 Å². The Bertz CT molecular complexity index is 503. The van der Waals surface area contributed by atoms with Gasteiger partial charge in [0.25, 0.3) is 0 Å². The lowest BCUT2D eigenvalue weighted by molar-refractivity contribution is 0.102. The second-order valence-electron chi connectivity index (χ2n) is 4.16. The van der Waals surface area contributed by atoms with Crippen LogP contribution >= 0.6 is 11.3 Å². The van der Waals surface area contributed by atoms with E-state index in [0.29, 0.717) is 5.92 Å². The van der Waals surface area contributed by atoms with Crippen LogP contribution in [-0.2, 0) is 0 Å². The Kier molecular flexibility index (Phi) is 3.75. The summed E-state index contributed by atoms with van der Waals surface area (Å²) in [7, 11) is 0. The topological polar surface area (TPSA) is 17.1 Å². The highest BCUT2D eigenvalue weighted by molar-refractivity contribution is 7.15. The molecule has 1 unspecified atom stereocenters. The van der Waals surface area contributed by atoms with E-state index in [0.717, 1.165) is 11.3 Å². The first-order valence-electron chi connectivity index (χ1n) is 5.88. The molecule has 0 aliphatic heterocycles. The molecule has 0 amide bonds. The van der Waals surface area contributed by atoms with E-state index < -0.39 is 0 Å². The molecule has 0 radical (unpaired) electrons. The molecule has 0 spiro atoms. The van der Waals surface area contributed by atoms with Crippen molar-refractivity contribution in [3.63, 3.8) is 0 Å². The molecule has 2 heteroatoms. The van der Waals surface area contributed by atoms with Gasteiger partial charge in [-0.15, -0.1) is 11.3 Å². The van der Waals surface area contributed by atoms with Crippen LogP contribution in [0, 0.1) is 5.92 Å². The van der Waals surface area contributed by atoms with Gasteiger partial charge in [0.1, 0.15) is 0 Å². The zero-order valence-corrected chi connectivity index (χ0v) is 11.0. The molecule has 1 atom stereocenters. The number of hydrogen-bond acceptors (Lipinski definition) is 2. The largest absolute Gasteiger partial charge is 0.294 e. The van der Waals surface area contributed by atoms with Crippen molar-refractivity contribution in [3.05, 3.63) is 52.3 Å². The predicted octanol–water partition coefficient (Wildman–Crippen LogP) is 4.49. The molecule has 0 saturated carbocycles. The molecule has 0 saturated heterocycles. The number of carbonyl (C=O) groups excluding carboxylic acids is 1. The van der Waals surface area contributed by atoms with Gasteiger partial charge in [0.05, 0.1) is 4.88 Å². The fraction of sp³-hybridized carbons (Fsp3) is 0.267. The second kappa shape index (κ2) is 5.28. The number of rotatable bonds is 3. The molecule has 1 aromatic rings. The van der Waals surface area contributed by atoms with Crippen LogP contribution in [0.25, 0.3) is 5.57 Å². The lowest BCUT2D eigenvalue weighted by Crippen LogP contribution is -1.88. The van der Waals surface area contributed by atoms with Gasteiger partial charge in [0.15, 0.2) is 5.78 Å². The van der Waals surface area contributed by atoms with E-state index in [-0.39, 0.29) is 5.78 Å². The number of carbonyl (C=O) groups is 1. The van der Waals surface area contributed by atoms with Crippen molar-refractivity contribution in [2.75, 3.05) is 0 Å². The van der Waals surface area contributed by atoms with E-state index in [4.69, 9.17) is 0 Å². The summed E-state index contributed by atoms with van der Waals surface area (Å²) in [6.45, 7) is 3.80. The molecule has 17 heavy (non-hydrogen) atoms. The van der Waals surface area contributed by atoms with Crippen molar-refractivity contribution in [1.82, 2.24) is 0 Å². The first-order valence-corrected chi connectivity index (χ1v) is 6.70. The average molecular weight is 244 g/mol. The molecule has 1 heterocycles. The molecule has 1 aromatic heterocycles. The summed E-state index contributed by atoms with van der Waals surface area (Å²) in [5, 5.41) is 0. The zero-order chi connectivity index (χ0) is 12.3. The Morgan fingerprint density at radius 2 is 2.18 bits per heavy atom. The number of hydrogen-bond donors (Lipinski definition) is 0. The van der Waals surface area contributed by atoms with Gasteiger partial charge in [-0.2, -0.15) is 0 Å². The van der Waals surface area contributed by atoms with E-state index in [2.05, 4.69) is 37.3 Å². The monoisotopic (exact) mass is 244 g/mol. The van der Waals surface area contributed by atoms with Gasteiger partial charge < -0.3 is 0 Å². The fourth-order valence-electron chi connectivity index (χ4n) is 1.81. The fourth-order valence-corrected chi connectivity index (χ4v) is 2.72. The number of thiophene rings is 1. The van der Waals surface area contributed by atoms with Crippen LogP contribution in [0.2, 0.25) is 0 Å². The molecule has 0 bridgehead atoms. The van der Waals surface area contributed by atoms with Gasteiger partial charge in [-0.3, -0.25) is 4.79 Å². The summed E-state index contributed by atoms with van der Waals surface area (Å²) in [6.07, 6.45) is 11.9. The lowest BCUT2D eigenvalue weighted by Gasteiger charge is -2.04. The third-order valence-corrected chi connectivity index (χ3v) is 4.08. The minimum absolute atomic E-state index is 0.143. The van der Waals surface area contributed by atoms with E-state index in [1.807, 2.05) is 12.1 Å². The maximum absolute atomic E-state index is 11.3. The van der Waals surface area contributed by atoms with E-state index in [9.17, 15) is 4.79 Å². The van der Waals surface area contributed by atoms with E-state index in [1.54, 1.807) is 18.3 Å². The highest BCUT2D eigenvalue weighted by Crippen LogP contribution is 2.28. The summed E-state index contributed by atoms with van der Waals surface area (Å²) in [4.78, 5) is 13.3. The van der Waals surface area contributed by atoms with Gasteiger partial charge >= 0.3 is 0 Å². The van der Waals surface area contributed by atoms with Crippen molar-refractivity contribution in [3.8, 4) is 0 Å². The second-order valence-corrected chi connectivity index (χ2v) is 5.24. The third kappa shape index (κ3) is 2.83. The highest BCUT2D eigenvalue weighted by Gasteiger charge is 2.09. The molecule has 0 fully saturated rings. The Balaban J connectivity index is 2.31. The Morgan fingerprint density at radius 3 is 2.82 bits per heavy atom. The maximum atomic E-state index is 11.3. The molecule has 1 aliphatic carbocycles. The standard InChI is InChI=1S/C15H16OS/c1-3-12-6-4-5-7-13(10-12)15-9-8-14(17-15)11(2)16/h4-10,12H,3H2,1-2H3. The van der Waals surface area contributed by atoms with Crippen LogP contribution in [0.5, 0.6) is 0 Å². The van der Waals surface area contributed by atoms with Crippen molar-refractivity contribution in [1.29, 1.82) is 0 Å². The predicted molar refractivity (Wildman–Crippen MR) is 74.4 cm³/mol. The third-order valence-electron chi connectivity index (χ3n) is 2.85. The van der Waals surface area contributed by atoms with Crippen molar-refractivity contribution < 1.29 is 4.79 Å². The minimum Gasteiger partial charge on any atom is -0.294 e. The maximum Gasteiger partial charge on any atom is 0.169 e. The molecule has 1 nitrogen and oxygen atoms in total. The van der Waals surface area contributed by atoms with Crippen LogP contribution in [0.3, 0.4) is 0 Å². The van der Waals surface area contributed by atoms with E-state index >= 15 is 0 Å². The average Bonchev–Trinajstić information content (AvgIpc) is 2.69. The Labute approximate surface area is 106 Å². The molecule has 88 valence electrons. The molecule has 0 aromatic carbocycles. The van der Waals surface area contributed by atoms with Crippen molar-refractivity contribution in [2.24, 2.45) is 5.92 Å². The van der Waals surface area contributed by atoms with Crippen molar-refractivity contribution >= 4 is 22.7 Å². The molecular formula is C15H16OS. The first kappa shape index (κ1) is 12.1. The summed E-state index contributed by atoms with van der Waals surface area (Å²) in [5.74, 6) is 0.632. The quantitative estimate of drug-likeness (QED) is 0.716. The highest BCUT2D eigenvalue weighted by atomic mass is 32.1. The number of allylic oxidation sites excluding steroid dienone is 6. The number of ketones is 1. The van der Waals surface area contributed by atoms with Gasteiger partial charge in [-0.1, -0.05) is 37.3 Å². The molecule has 1 aliphatic rings. The summed E-state index contributed by atoms with van der Waals surface area (Å²) in [5.41, 5.74) is 1.22. The summed E-state index contributed by atoms with van der Waals surface area (Å²) >= 11 is 1.57. The van der Waals surface area contributed by atoms with Crippen molar-refractivity contribution in [2.45, 2.75) is 20.3 Å². The van der Waals surface area contributed by atoms with Gasteiger partial charge in [-0.05, 0) is 37.0 Å². The Morgan fingerprint density at radius 1 is 1.35 bits per heavy atom. The van der Waals surface area contributed by atoms with Gasteiger partial charge in [0.2, 0.25) is 0 Å². The van der Waals surface area contributed by atoms with Crippen LogP contribution in [0.4, 0.5) is 0 Å². The number of Topliss-reactive ketones (excluding diaryl/α,β-unsaturated/α-hetero) is 1. The normalized spacial score (nSPS) is 18.9.